The smallest absolute Gasteiger partial charge is 0.206 e. The lowest BCUT2D eigenvalue weighted by molar-refractivity contribution is 0.373. The molecule has 0 amide bonds. The van der Waals surface area contributed by atoms with Crippen LogP contribution in [0.1, 0.15) is 19.3 Å². The number of thioether (sulfide) groups is 2. The highest BCUT2D eigenvalue weighted by Crippen LogP contribution is 2.37. The average Bonchev–Trinajstić information content (AvgIpc) is 3.06. The van der Waals surface area contributed by atoms with Crippen molar-refractivity contribution in [1.29, 1.82) is 0 Å². The highest BCUT2D eigenvalue weighted by atomic mass is 32.2. The molecule has 0 unspecified atom stereocenters. The Balaban J connectivity index is 1.70. The van der Waals surface area contributed by atoms with Crippen molar-refractivity contribution >= 4 is 34.9 Å². The van der Waals surface area contributed by atoms with E-state index >= 15 is 0 Å². The normalized spacial score (nSPS) is 14.8. The predicted molar refractivity (Wildman–Crippen MR) is 69.0 cm³/mol. The van der Waals surface area contributed by atoms with Crippen LogP contribution in [-0.4, -0.2) is 21.7 Å². The first-order valence-electron chi connectivity index (χ1n) is 5.44. The van der Waals surface area contributed by atoms with Gasteiger partial charge in [0.1, 0.15) is 0 Å². The number of aromatic nitrogens is 2. The van der Waals surface area contributed by atoms with E-state index < -0.39 is 11.9 Å². The van der Waals surface area contributed by atoms with Crippen molar-refractivity contribution in [2.24, 2.45) is 5.92 Å². The first kappa shape index (κ1) is 14.2. The van der Waals surface area contributed by atoms with Crippen LogP contribution in [-0.2, 0) is 0 Å². The summed E-state index contributed by atoms with van der Waals surface area (Å²) in [6.07, 6.45) is 0.104. The fraction of sp³-hybridized carbons (Fsp3) is 0.600. The molecular formula is C10H11F3N2S3. The van der Waals surface area contributed by atoms with Crippen LogP contribution in [0, 0.1) is 5.92 Å². The molecule has 0 bridgehead atoms. The van der Waals surface area contributed by atoms with Crippen molar-refractivity contribution in [3.05, 3.63) is 11.9 Å². The van der Waals surface area contributed by atoms with E-state index in [9.17, 15) is 13.2 Å². The molecule has 0 spiro atoms. The van der Waals surface area contributed by atoms with Gasteiger partial charge >= 0.3 is 6.08 Å². The third kappa shape index (κ3) is 4.81. The second-order valence-electron chi connectivity index (χ2n) is 3.85. The molecule has 0 N–H and O–H groups in total. The first-order valence-corrected chi connectivity index (χ1v) is 8.22. The highest BCUT2D eigenvalue weighted by Gasteiger charge is 2.22. The zero-order valence-corrected chi connectivity index (χ0v) is 11.8. The molecule has 1 saturated carbocycles. The Kier molecular flexibility index (Phi) is 5.38. The maximum atomic E-state index is 12.5. The van der Waals surface area contributed by atoms with E-state index in [4.69, 9.17) is 0 Å². The second kappa shape index (κ2) is 6.81. The Morgan fingerprint density at radius 2 is 1.83 bits per heavy atom. The van der Waals surface area contributed by atoms with Crippen LogP contribution in [0.15, 0.2) is 20.6 Å². The molecular weight excluding hydrogens is 301 g/mol. The van der Waals surface area contributed by atoms with Crippen molar-refractivity contribution in [2.45, 2.75) is 27.9 Å². The molecule has 1 fully saturated rings. The SMILES string of the molecule is FC(F)=C(F)CCSc1nnc(SCC2CC2)s1. The van der Waals surface area contributed by atoms with E-state index in [2.05, 4.69) is 10.2 Å². The van der Waals surface area contributed by atoms with Gasteiger partial charge in [0, 0.05) is 17.9 Å². The third-order valence-corrected chi connectivity index (χ3v) is 5.70. The number of halogens is 3. The third-order valence-electron chi connectivity index (χ3n) is 2.28. The van der Waals surface area contributed by atoms with Gasteiger partial charge in [0.05, 0.1) is 0 Å². The molecule has 0 aliphatic heterocycles. The number of rotatable bonds is 7. The Bertz CT molecular complexity index is 428. The van der Waals surface area contributed by atoms with Crippen LogP contribution in [0.25, 0.3) is 0 Å². The predicted octanol–water partition coefficient (Wildman–Crippen LogP) is 4.60. The van der Waals surface area contributed by atoms with Gasteiger partial charge in [-0.15, -0.1) is 10.2 Å². The molecule has 1 aliphatic rings. The van der Waals surface area contributed by atoms with Crippen molar-refractivity contribution in [3.8, 4) is 0 Å². The Hall–Kier alpha value is -0.210. The zero-order valence-electron chi connectivity index (χ0n) is 9.37. The summed E-state index contributed by atoms with van der Waals surface area (Å²) in [4.78, 5) is 0. The lowest BCUT2D eigenvalue weighted by atomic mass is 10.4. The summed E-state index contributed by atoms with van der Waals surface area (Å²) < 4.78 is 37.8. The number of hydrogen-bond acceptors (Lipinski definition) is 5. The molecule has 0 aromatic carbocycles. The fourth-order valence-electron chi connectivity index (χ4n) is 1.11. The molecule has 1 heterocycles. The van der Waals surface area contributed by atoms with Crippen LogP contribution < -0.4 is 0 Å². The van der Waals surface area contributed by atoms with Crippen LogP contribution >= 0.6 is 34.9 Å². The minimum absolute atomic E-state index is 0.255. The van der Waals surface area contributed by atoms with Crippen molar-refractivity contribution in [3.63, 3.8) is 0 Å². The van der Waals surface area contributed by atoms with E-state index in [1.165, 1.54) is 35.9 Å². The lowest BCUT2D eigenvalue weighted by Crippen LogP contribution is -1.82. The van der Waals surface area contributed by atoms with Gasteiger partial charge in [0.2, 0.25) is 0 Å². The van der Waals surface area contributed by atoms with Crippen molar-refractivity contribution in [1.82, 2.24) is 10.2 Å². The van der Waals surface area contributed by atoms with Crippen molar-refractivity contribution < 1.29 is 13.2 Å². The minimum atomic E-state index is -2.23. The van der Waals surface area contributed by atoms with Gasteiger partial charge in [-0.2, -0.15) is 8.78 Å². The van der Waals surface area contributed by atoms with Gasteiger partial charge in [-0.05, 0) is 18.8 Å². The topological polar surface area (TPSA) is 25.8 Å². The molecule has 1 aromatic rings. The maximum Gasteiger partial charge on any atom is 0.301 e. The minimum Gasteiger partial charge on any atom is -0.206 e. The summed E-state index contributed by atoms with van der Waals surface area (Å²) in [6.45, 7) is 0. The monoisotopic (exact) mass is 312 g/mol. The molecule has 0 saturated heterocycles. The Labute approximate surface area is 115 Å². The quantitative estimate of drug-likeness (QED) is 0.687. The van der Waals surface area contributed by atoms with Gasteiger partial charge in [-0.25, -0.2) is 4.39 Å². The molecule has 0 radical (unpaired) electrons. The van der Waals surface area contributed by atoms with Crippen molar-refractivity contribution in [2.75, 3.05) is 11.5 Å². The molecule has 100 valence electrons. The zero-order chi connectivity index (χ0) is 13.0. The molecule has 1 aromatic heterocycles. The molecule has 8 heteroatoms. The van der Waals surface area contributed by atoms with Gasteiger partial charge < -0.3 is 0 Å². The first-order chi connectivity index (χ1) is 8.65. The maximum absolute atomic E-state index is 12.5. The van der Waals surface area contributed by atoms with Gasteiger partial charge in [-0.3, -0.25) is 0 Å². The molecule has 2 rings (SSSR count). The largest absolute Gasteiger partial charge is 0.301 e. The van der Waals surface area contributed by atoms with Gasteiger partial charge in [0.15, 0.2) is 14.5 Å². The van der Waals surface area contributed by atoms with Crippen LogP contribution in [0.3, 0.4) is 0 Å². The van der Waals surface area contributed by atoms with E-state index in [1.54, 1.807) is 11.8 Å². The Morgan fingerprint density at radius 3 is 2.44 bits per heavy atom. The summed E-state index contributed by atoms with van der Waals surface area (Å²) >= 11 is 4.39. The second-order valence-corrected chi connectivity index (χ2v) is 7.44. The summed E-state index contributed by atoms with van der Waals surface area (Å²) in [6, 6.07) is 0. The molecule has 1 aliphatic carbocycles. The summed E-state index contributed by atoms with van der Waals surface area (Å²) in [5, 5.41) is 7.95. The number of nitrogens with zero attached hydrogens (tertiary/aromatic N) is 2. The highest BCUT2D eigenvalue weighted by molar-refractivity contribution is 8.03. The molecule has 18 heavy (non-hydrogen) atoms. The standard InChI is InChI=1S/C10H11F3N2S3/c11-7(8(12)13)3-4-16-9-14-15-10(18-9)17-5-6-1-2-6/h6H,1-5H2. The van der Waals surface area contributed by atoms with E-state index in [0.717, 1.165) is 16.0 Å². The van der Waals surface area contributed by atoms with E-state index in [0.29, 0.717) is 4.34 Å². The molecule has 0 atom stereocenters. The van der Waals surface area contributed by atoms with E-state index in [-0.39, 0.29) is 12.2 Å². The Morgan fingerprint density at radius 1 is 1.17 bits per heavy atom. The lowest BCUT2D eigenvalue weighted by Gasteiger charge is -1.94. The van der Waals surface area contributed by atoms with Crippen LogP contribution in [0.2, 0.25) is 0 Å². The van der Waals surface area contributed by atoms with Crippen LogP contribution in [0.4, 0.5) is 13.2 Å². The van der Waals surface area contributed by atoms with E-state index in [1.807, 2.05) is 0 Å². The average molecular weight is 312 g/mol. The van der Waals surface area contributed by atoms with Crippen LogP contribution in [0.5, 0.6) is 0 Å². The van der Waals surface area contributed by atoms with Gasteiger partial charge in [-0.1, -0.05) is 34.9 Å². The molecule has 2 nitrogen and oxygen atoms in total. The summed E-state index contributed by atoms with van der Waals surface area (Å²) in [5.74, 6) is 0.812. The summed E-state index contributed by atoms with van der Waals surface area (Å²) in [5.41, 5.74) is 0. The van der Waals surface area contributed by atoms with Gasteiger partial charge in [0.25, 0.3) is 0 Å². The number of allylic oxidation sites excluding steroid dienone is 1. The fourth-order valence-corrected chi connectivity index (χ4v) is 4.34. The summed E-state index contributed by atoms with van der Waals surface area (Å²) in [7, 11) is 0. The number of hydrogen-bond donors (Lipinski definition) is 0.